The Morgan fingerprint density at radius 2 is 2.22 bits per heavy atom. The summed E-state index contributed by atoms with van der Waals surface area (Å²) in [6.07, 6.45) is 1.97. The second-order valence-corrected chi connectivity index (χ2v) is 5.87. The van der Waals surface area contributed by atoms with E-state index in [9.17, 15) is 9.90 Å². The van der Waals surface area contributed by atoms with E-state index >= 15 is 0 Å². The predicted molar refractivity (Wildman–Crippen MR) is 72.6 cm³/mol. The summed E-state index contributed by atoms with van der Waals surface area (Å²) in [5.41, 5.74) is 0. The number of nitrogens with zero attached hydrogens (tertiary/aromatic N) is 1. The van der Waals surface area contributed by atoms with Crippen LogP contribution in [0.5, 0.6) is 0 Å². The molecule has 0 aliphatic heterocycles. The topological polar surface area (TPSA) is 74.2 Å². The molecule has 5 nitrogen and oxygen atoms in total. The first-order valence-electron chi connectivity index (χ1n) is 6.10. The number of aliphatic hydroxyl groups is 1. The zero-order valence-electron chi connectivity index (χ0n) is 11.1. The molecule has 1 heterocycles. The van der Waals surface area contributed by atoms with E-state index in [2.05, 4.69) is 15.6 Å². The summed E-state index contributed by atoms with van der Waals surface area (Å²) >= 11 is 1.57. The SMILES string of the molecule is Cc1ncc(CNC(=O)NCCC(O)C(C)C)s1. The molecule has 0 aliphatic rings. The van der Waals surface area contributed by atoms with E-state index in [0.29, 0.717) is 19.5 Å². The third kappa shape index (κ3) is 5.46. The molecular weight excluding hydrogens is 250 g/mol. The lowest BCUT2D eigenvalue weighted by atomic mass is 10.0. The van der Waals surface area contributed by atoms with Crippen LogP contribution in [0.3, 0.4) is 0 Å². The molecule has 1 aromatic heterocycles. The summed E-state index contributed by atoms with van der Waals surface area (Å²) in [5.74, 6) is 0.218. The quantitative estimate of drug-likeness (QED) is 0.736. The molecule has 1 aromatic rings. The Morgan fingerprint density at radius 3 is 2.78 bits per heavy atom. The molecule has 18 heavy (non-hydrogen) atoms. The van der Waals surface area contributed by atoms with Crippen LogP contribution < -0.4 is 10.6 Å². The average Bonchev–Trinajstić information content (AvgIpc) is 2.72. The van der Waals surface area contributed by atoms with Crippen molar-refractivity contribution in [2.24, 2.45) is 5.92 Å². The van der Waals surface area contributed by atoms with Crippen molar-refractivity contribution < 1.29 is 9.90 Å². The molecule has 0 fully saturated rings. The molecule has 0 spiro atoms. The van der Waals surface area contributed by atoms with Gasteiger partial charge in [-0.05, 0) is 19.3 Å². The van der Waals surface area contributed by atoms with Crippen molar-refractivity contribution in [3.05, 3.63) is 16.1 Å². The van der Waals surface area contributed by atoms with Crippen LogP contribution >= 0.6 is 11.3 Å². The van der Waals surface area contributed by atoms with Crippen molar-refractivity contribution in [2.45, 2.75) is 39.8 Å². The van der Waals surface area contributed by atoms with Gasteiger partial charge in [0.1, 0.15) is 0 Å². The van der Waals surface area contributed by atoms with E-state index in [-0.39, 0.29) is 18.1 Å². The first-order valence-corrected chi connectivity index (χ1v) is 6.91. The van der Waals surface area contributed by atoms with Crippen LogP contribution in [-0.2, 0) is 6.54 Å². The van der Waals surface area contributed by atoms with Crippen molar-refractivity contribution in [1.29, 1.82) is 0 Å². The van der Waals surface area contributed by atoms with E-state index in [4.69, 9.17) is 0 Å². The number of urea groups is 1. The van der Waals surface area contributed by atoms with Crippen molar-refractivity contribution in [3.63, 3.8) is 0 Å². The highest BCUT2D eigenvalue weighted by Gasteiger charge is 2.09. The number of rotatable bonds is 6. The van der Waals surface area contributed by atoms with Gasteiger partial charge in [-0.15, -0.1) is 11.3 Å². The van der Waals surface area contributed by atoms with Crippen molar-refractivity contribution in [3.8, 4) is 0 Å². The number of amides is 2. The molecular formula is C12H21N3O2S. The number of carbonyl (C=O) groups excluding carboxylic acids is 1. The highest BCUT2D eigenvalue weighted by Crippen LogP contribution is 2.10. The van der Waals surface area contributed by atoms with Gasteiger partial charge in [0.25, 0.3) is 0 Å². The zero-order chi connectivity index (χ0) is 13.5. The molecule has 102 valence electrons. The fourth-order valence-corrected chi connectivity index (χ4v) is 2.12. The highest BCUT2D eigenvalue weighted by atomic mass is 32.1. The third-order valence-electron chi connectivity index (χ3n) is 2.59. The Labute approximate surface area is 112 Å². The molecule has 1 atom stereocenters. The van der Waals surface area contributed by atoms with E-state index < -0.39 is 0 Å². The predicted octanol–water partition coefficient (Wildman–Crippen LogP) is 1.66. The minimum atomic E-state index is -0.366. The number of carbonyl (C=O) groups is 1. The van der Waals surface area contributed by atoms with Crippen LogP contribution in [0.1, 0.15) is 30.2 Å². The van der Waals surface area contributed by atoms with Crippen LogP contribution in [0.25, 0.3) is 0 Å². The van der Waals surface area contributed by atoms with Crippen molar-refractivity contribution >= 4 is 17.4 Å². The fourth-order valence-electron chi connectivity index (χ4n) is 1.38. The molecule has 1 rings (SSSR count). The largest absolute Gasteiger partial charge is 0.393 e. The van der Waals surface area contributed by atoms with Gasteiger partial charge in [-0.25, -0.2) is 9.78 Å². The van der Waals surface area contributed by atoms with Gasteiger partial charge in [0, 0.05) is 17.6 Å². The van der Waals surface area contributed by atoms with Gasteiger partial charge in [-0.1, -0.05) is 13.8 Å². The first-order chi connectivity index (χ1) is 8.49. The first kappa shape index (κ1) is 14.9. The summed E-state index contributed by atoms with van der Waals surface area (Å²) < 4.78 is 0. The van der Waals surface area contributed by atoms with Crippen LogP contribution in [-0.4, -0.2) is 28.8 Å². The van der Waals surface area contributed by atoms with Crippen molar-refractivity contribution in [2.75, 3.05) is 6.54 Å². The summed E-state index contributed by atoms with van der Waals surface area (Å²) in [4.78, 5) is 16.6. The number of thiazole rings is 1. The Bertz CT molecular complexity index is 379. The Kier molecular flexibility index (Phi) is 6.07. The maximum absolute atomic E-state index is 11.5. The molecule has 1 unspecified atom stereocenters. The molecule has 0 aromatic carbocycles. The van der Waals surface area contributed by atoms with Gasteiger partial charge in [0.05, 0.1) is 17.7 Å². The number of hydrogen-bond donors (Lipinski definition) is 3. The molecule has 0 radical (unpaired) electrons. The van der Waals surface area contributed by atoms with Gasteiger partial charge in [0.2, 0.25) is 0 Å². The zero-order valence-corrected chi connectivity index (χ0v) is 11.9. The summed E-state index contributed by atoms with van der Waals surface area (Å²) in [6.45, 7) is 6.81. The molecule has 2 amide bonds. The van der Waals surface area contributed by atoms with Gasteiger partial charge < -0.3 is 15.7 Å². The monoisotopic (exact) mass is 271 g/mol. The second kappa shape index (κ2) is 7.33. The smallest absolute Gasteiger partial charge is 0.315 e. The lowest BCUT2D eigenvalue weighted by Gasteiger charge is -2.14. The fraction of sp³-hybridized carbons (Fsp3) is 0.667. The minimum Gasteiger partial charge on any atom is -0.393 e. The Balaban J connectivity index is 2.14. The molecule has 0 aliphatic carbocycles. The second-order valence-electron chi connectivity index (χ2n) is 4.56. The van der Waals surface area contributed by atoms with Gasteiger partial charge in [-0.2, -0.15) is 0 Å². The van der Waals surface area contributed by atoms with Crippen molar-refractivity contribution in [1.82, 2.24) is 15.6 Å². The normalized spacial score (nSPS) is 12.5. The maximum Gasteiger partial charge on any atom is 0.315 e. The molecule has 0 saturated carbocycles. The molecule has 0 saturated heterocycles. The van der Waals surface area contributed by atoms with Gasteiger partial charge in [0.15, 0.2) is 0 Å². The van der Waals surface area contributed by atoms with E-state index in [1.807, 2.05) is 20.8 Å². The minimum absolute atomic E-state index is 0.211. The number of aliphatic hydroxyl groups excluding tert-OH is 1. The van der Waals surface area contributed by atoms with Gasteiger partial charge in [-0.3, -0.25) is 0 Å². The van der Waals surface area contributed by atoms with Crippen LogP contribution in [0, 0.1) is 12.8 Å². The average molecular weight is 271 g/mol. The highest BCUT2D eigenvalue weighted by molar-refractivity contribution is 7.11. The number of aromatic nitrogens is 1. The van der Waals surface area contributed by atoms with E-state index in [0.717, 1.165) is 9.88 Å². The Morgan fingerprint density at radius 1 is 1.50 bits per heavy atom. The summed E-state index contributed by atoms with van der Waals surface area (Å²) in [5, 5.41) is 16.0. The summed E-state index contributed by atoms with van der Waals surface area (Å²) in [7, 11) is 0. The van der Waals surface area contributed by atoms with E-state index in [1.165, 1.54) is 0 Å². The van der Waals surface area contributed by atoms with Crippen LogP contribution in [0.2, 0.25) is 0 Å². The summed E-state index contributed by atoms with van der Waals surface area (Å²) in [6, 6.07) is -0.211. The molecule has 3 N–H and O–H groups in total. The molecule has 6 heteroatoms. The number of hydrogen-bond acceptors (Lipinski definition) is 4. The van der Waals surface area contributed by atoms with Gasteiger partial charge >= 0.3 is 6.03 Å². The van der Waals surface area contributed by atoms with E-state index in [1.54, 1.807) is 17.5 Å². The number of aryl methyl sites for hydroxylation is 1. The van der Waals surface area contributed by atoms with Crippen LogP contribution in [0.4, 0.5) is 4.79 Å². The molecule has 0 bridgehead atoms. The maximum atomic E-state index is 11.5. The standard InChI is InChI=1S/C12H21N3O2S/c1-8(2)11(16)4-5-13-12(17)15-7-10-6-14-9(3)18-10/h6,8,11,16H,4-5,7H2,1-3H3,(H2,13,15,17). The number of nitrogens with one attached hydrogen (secondary N) is 2. The van der Waals surface area contributed by atoms with Crippen LogP contribution in [0.15, 0.2) is 6.20 Å². The lowest BCUT2D eigenvalue weighted by molar-refractivity contribution is 0.116. The lowest BCUT2D eigenvalue weighted by Crippen LogP contribution is -2.36. The third-order valence-corrected chi connectivity index (χ3v) is 3.50. The Hall–Kier alpha value is -1.14.